The Bertz CT molecular complexity index is 343. The van der Waals surface area contributed by atoms with Gasteiger partial charge in [0.1, 0.15) is 0 Å². The van der Waals surface area contributed by atoms with E-state index < -0.39 is 11.6 Å². The lowest BCUT2D eigenvalue weighted by molar-refractivity contribution is -0.148. The third-order valence-corrected chi connectivity index (χ3v) is 3.64. The molecule has 0 aromatic heterocycles. The number of hydrogen-bond donors (Lipinski definition) is 3. The zero-order valence-corrected chi connectivity index (χ0v) is 12.4. The van der Waals surface area contributed by atoms with E-state index in [1.807, 2.05) is 6.92 Å². The minimum Gasteiger partial charge on any atom is -0.478 e. The number of nitrogens with one attached hydrogen (secondary N) is 1. The summed E-state index contributed by atoms with van der Waals surface area (Å²) in [6.07, 6.45) is 1.10. The maximum Gasteiger partial charge on any atom is 0.344 e. The van der Waals surface area contributed by atoms with Gasteiger partial charge in [0.05, 0.1) is 0 Å². The smallest absolute Gasteiger partial charge is 0.344 e. The molecule has 1 rings (SSSR count). The molecule has 0 saturated carbocycles. The van der Waals surface area contributed by atoms with Crippen LogP contribution in [0.3, 0.4) is 0 Å². The highest BCUT2D eigenvalue weighted by molar-refractivity contribution is 5.86. The average molecular weight is 286 g/mol. The number of piperazine rings is 1. The van der Waals surface area contributed by atoms with Crippen molar-refractivity contribution in [2.24, 2.45) is 5.73 Å². The third-order valence-electron chi connectivity index (χ3n) is 3.64. The summed E-state index contributed by atoms with van der Waals surface area (Å²) in [6.45, 7) is 6.33. The van der Waals surface area contributed by atoms with E-state index in [9.17, 15) is 9.59 Å². The topological polar surface area (TPSA) is 98.9 Å². The second-order valence-corrected chi connectivity index (χ2v) is 5.47. The van der Waals surface area contributed by atoms with Crippen LogP contribution in [0.25, 0.3) is 0 Å². The van der Waals surface area contributed by atoms with E-state index in [0.29, 0.717) is 13.0 Å². The molecule has 4 N–H and O–H groups in total. The van der Waals surface area contributed by atoms with Crippen LogP contribution < -0.4 is 11.1 Å². The Morgan fingerprint density at radius 3 is 2.40 bits per heavy atom. The van der Waals surface area contributed by atoms with Crippen molar-refractivity contribution in [1.29, 1.82) is 0 Å². The Labute approximate surface area is 120 Å². The van der Waals surface area contributed by atoms with E-state index >= 15 is 0 Å². The zero-order valence-electron chi connectivity index (χ0n) is 12.4. The summed E-state index contributed by atoms with van der Waals surface area (Å²) in [4.78, 5) is 27.4. The van der Waals surface area contributed by atoms with E-state index in [1.54, 1.807) is 0 Å². The number of rotatable bonds is 7. The fourth-order valence-electron chi connectivity index (χ4n) is 2.26. The lowest BCUT2D eigenvalue weighted by Crippen LogP contribution is -2.61. The summed E-state index contributed by atoms with van der Waals surface area (Å²) in [5.74, 6) is -1.49. The molecule has 1 fully saturated rings. The predicted octanol–water partition coefficient (Wildman–Crippen LogP) is -0.720. The average Bonchev–Trinajstić information content (AvgIpc) is 2.38. The number of carboxylic acids is 1. The van der Waals surface area contributed by atoms with E-state index in [4.69, 9.17) is 10.8 Å². The molecule has 1 atom stereocenters. The number of aliphatic carboxylic acids is 1. The molecule has 0 spiro atoms. The van der Waals surface area contributed by atoms with Gasteiger partial charge in [0.25, 0.3) is 0 Å². The van der Waals surface area contributed by atoms with E-state index in [1.165, 1.54) is 0 Å². The molecule has 7 heteroatoms. The maximum absolute atomic E-state index is 11.9. The molecule has 0 unspecified atom stereocenters. The van der Waals surface area contributed by atoms with E-state index in [0.717, 1.165) is 26.2 Å². The lowest BCUT2D eigenvalue weighted by atomic mass is 10.1. The molecular formula is C13H26N4O3. The van der Waals surface area contributed by atoms with Crippen LogP contribution in [0.5, 0.6) is 0 Å². The first kappa shape index (κ1) is 16.9. The van der Waals surface area contributed by atoms with Gasteiger partial charge in [-0.15, -0.1) is 0 Å². The van der Waals surface area contributed by atoms with Crippen molar-refractivity contribution in [2.75, 3.05) is 39.8 Å². The van der Waals surface area contributed by atoms with Gasteiger partial charge in [0.15, 0.2) is 5.66 Å². The van der Waals surface area contributed by atoms with Crippen molar-refractivity contribution in [2.45, 2.75) is 31.8 Å². The quantitative estimate of drug-likeness (QED) is 0.534. The van der Waals surface area contributed by atoms with Gasteiger partial charge in [0, 0.05) is 39.1 Å². The van der Waals surface area contributed by atoms with E-state index in [-0.39, 0.29) is 18.7 Å². The van der Waals surface area contributed by atoms with Gasteiger partial charge < -0.3 is 20.2 Å². The van der Waals surface area contributed by atoms with Crippen LogP contribution in [-0.2, 0) is 9.59 Å². The molecule has 1 heterocycles. The fraction of sp³-hybridized carbons (Fsp3) is 0.846. The van der Waals surface area contributed by atoms with Gasteiger partial charge in [-0.05, 0) is 13.5 Å². The normalized spacial score (nSPS) is 20.4. The molecule has 1 aliphatic heterocycles. The predicted molar refractivity (Wildman–Crippen MR) is 76.2 cm³/mol. The summed E-state index contributed by atoms with van der Waals surface area (Å²) < 4.78 is 0. The second kappa shape index (κ2) is 7.56. The highest BCUT2D eigenvalue weighted by Gasteiger charge is 2.34. The molecule has 7 nitrogen and oxygen atoms in total. The van der Waals surface area contributed by atoms with Gasteiger partial charge in [-0.2, -0.15) is 0 Å². The zero-order chi connectivity index (χ0) is 15.2. The lowest BCUT2D eigenvalue weighted by Gasteiger charge is -2.32. The van der Waals surface area contributed by atoms with Crippen LogP contribution >= 0.6 is 0 Å². The van der Waals surface area contributed by atoms with Crippen LogP contribution in [0.1, 0.15) is 26.2 Å². The molecule has 1 amide bonds. The molecule has 0 aromatic rings. The molecule has 0 aromatic carbocycles. The summed E-state index contributed by atoms with van der Waals surface area (Å²) in [5.41, 5.74) is 4.08. The molecule has 0 bridgehead atoms. The third kappa shape index (κ3) is 5.07. The minimum atomic E-state index is -1.64. The molecule has 20 heavy (non-hydrogen) atoms. The van der Waals surface area contributed by atoms with Crippen LogP contribution in [0, 0.1) is 0 Å². The van der Waals surface area contributed by atoms with Crippen molar-refractivity contribution in [3.05, 3.63) is 0 Å². The van der Waals surface area contributed by atoms with Crippen molar-refractivity contribution < 1.29 is 14.7 Å². The van der Waals surface area contributed by atoms with Crippen LogP contribution in [0.15, 0.2) is 0 Å². The number of carbonyl (C=O) groups excluding carboxylic acids is 1. The highest BCUT2D eigenvalue weighted by Crippen LogP contribution is 2.07. The van der Waals surface area contributed by atoms with Crippen molar-refractivity contribution in [3.63, 3.8) is 0 Å². The minimum absolute atomic E-state index is 0.225. The maximum atomic E-state index is 11.9. The summed E-state index contributed by atoms with van der Waals surface area (Å²) >= 11 is 0. The summed E-state index contributed by atoms with van der Waals surface area (Å²) in [7, 11) is 2.07. The van der Waals surface area contributed by atoms with Gasteiger partial charge in [-0.3, -0.25) is 10.5 Å². The largest absolute Gasteiger partial charge is 0.478 e. The highest BCUT2D eigenvalue weighted by atomic mass is 16.4. The molecule has 0 radical (unpaired) electrons. The van der Waals surface area contributed by atoms with Gasteiger partial charge >= 0.3 is 5.97 Å². The standard InChI is InChI=1S/C13H26N4O3/c1-3-5-13(14,12(19)20)15-11(18)4-6-17-9-7-16(2)8-10-17/h3-10,14H2,1-2H3,(H,15,18)(H,19,20)/t13-/m0/s1. The first-order valence-electron chi connectivity index (χ1n) is 7.11. The Morgan fingerprint density at radius 1 is 1.30 bits per heavy atom. The first-order valence-corrected chi connectivity index (χ1v) is 7.11. The number of amides is 1. The number of hydrogen-bond acceptors (Lipinski definition) is 5. The number of carbonyl (C=O) groups is 2. The van der Waals surface area contributed by atoms with Crippen molar-refractivity contribution in [3.8, 4) is 0 Å². The number of likely N-dealkylation sites (N-methyl/N-ethyl adjacent to an activating group) is 1. The second-order valence-electron chi connectivity index (χ2n) is 5.47. The van der Waals surface area contributed by atoms with Crippen LogP contribution in [-0.4, -0.2) is 72.2 Å². The molecule has 1 aliphatic rings. The number of nitrogens with two attached hydrogens (primary N) is 1. The summed E-state index contributed by atoms with van der Waals surface area (Å²) in [6, 6.07) is 0. The van der Waals surface area contributed by atoms with Gasteiger partial charge in [-0.25, -0.2) is 4.79 Å². The molecule has 0 aliphatic carbocycles. The fourth-order valence-corrected chi connectivity index (χ4v) is 2.26. The molecule has 1 saturated heterocycles. The monoisotopic (exact) mass is 286 g/mol. The van der Waals surface area contributed by atoms with Crippen molar-refractivity contribution >= 4 is 11.9 Å². The number of carboxylic acid groups (broad SMARTS) is 1. The van der Waals surface area contributed by atoms with Gasteiger partial charge in [-0.1, -0.05) is 13.3 Å². The van der Waals surface area contributed by atoms with Crippen molar-refractivity contribution in [1.82, 2.24) is 15.1 Å². The Balaban J connectivity index is 2.37. The Hall–Kier alpha value is -1.18. The van der Waals surface area contributed by atoms with Crippen LogP contribution in [0.4, 0.5) is 0 Å². The van der Waals surface area contributed by atoms with Gasteiger partial charge in [0.2, 0.25) is 5.91 Å². The number of nitrogens with zero attached hydrogens (tertiary/aromatic N) is 2. The Morgan fingerprint density at radius 2 is 1.90 bits per heavy atom. The van der Waals surface area contributed by atoms with Crippen LogP contribution in [0.2, 0.25) is 0 Å². The first-order chi connectivity index (χ1) is 9.37. The Kier molecular flexibility index (Phi) is 6.38. The SMILES string of the molecule is CCC[C@](N)(NC(=O)CCN1CCN(C)CC1)C(=O)O. The summed E-state index contributed by atoms with van der Waals surface area (Å²) in [5, 5.41) is 11.5. The molecular weight excluding hydrogens is 260 g/mol. The molecule has 116 valence electrons. The van der Waals surface area contributed by atoms with E-state index in [2.05, 4.69) is 22.2 Å².